The van der Waals surface area contributed by atoms with Crippen molar-refractivity contribution in [1.29, 1.82) is 0 Å². The van der Waals surface area contributed by atoms with Crippen LogP contribution < -0.4 is 16.0 Å². The van der Waals surface area contributed by atoms with E-state index in [4.69, 9.17) is 11.6 Å². The zero-order valence-electron chi connectivity index (χ0n) is 63.4. The van der Waals surface area contributed by atoms with E-state index < -0.39 is 211 Å². The van der Waals surface area contributed by atoms with Crippen molar-refractivity contribution in [2.24, 2.45) is 23.7 Å². The second-order valence-electron chi connectivity index (χ2n) is 29.6. The number of hydrogen-bond donors (Lipinski definition) is 3. The largest absolute Gasteiger partial charge is 0.417 e. The van der Waals surface area contributed by atoms with E-state index in [1.807, 2.05) is 0 Å². The number of alkyl halides is 4. The lowest BCUT2D eigenvalue weighted by atomic mass is 9.84. The number of rotatable bonds is 13. The molecule has 5 rings (SSSR count). The summed E-state index contributed by atoms with van der Waals surface area (Å²) in [6.45, 7) is 14.4. The Hall–Kier alpha value is -8.18. The maximum Gasteiger partial charge on any atom is 0.417 e. The predicted molar refractivity (Wildman–Crippen MR) is 381 cm³/mol. The van der Waals surface area contributed by atoms with Crippen LogP contribution in [-0.4, -0.2) is 276 Å². The molecule has 3 N–H and O–H groups in total. The monoisotopic (exact) mass is 1490 g/mol. The third kappa shape index (κ3) is 22.4. The van der Waals surface area contributed by atoms with E-state index >= 15 is 23.6 Å². The molecule has 31 heteroatoms. The number of nitrogens with one attached hydrogen (secondary N) is 3. The molecule has 26 nitrogen and oxygen atoms in total. The maximum atomic E-state index is 15.8. The quantitative estimate of drug-likeness (QED) is 0.133. The third-order valence-electron chi connectivity index (χ3n) is 20.8. The van der Waals surface area contributed by atoms with Gasteiger partial charge < -0.3 is 64.9 Å². The van der Waals surface area contributed by atoms with Gasteiger partial charge in [-0.3, -0.25) is 62.3 Å². The number of piperidine rings is 1. The Bertz CT molecular complexity index is 3370. The number of carbonyl (C=O) groups excluding carboxylic acids is 13. The van der Waals surface area contributed by atoms with Gasteiger partial charge in [0.1, 0.15) is 48.0 Å². The average Bonchev–Trinajstić information content (AvgIpc) is 0.770. The van der Waals surface area contributed by atoms with E-state index in [9.17, 15) is 56.3 Å². The molecule has 0 radical (unpaired) electrons. The van der Waals surface area contributed by atoms with Crippen LogP contribution in [0.4, 0.5) is 17.6 Å². The molecule has 1 aromatic rings. The molecule has 8 atom stereocenters. The number of hydrogen-bond acceptors (Lipinski definition) is 13. The standard InChI is InChI=1S/C73H110ClF4N13O13/c1-18-46(8)62-70(103)84(12)39-60(95)82(10)40-61(96)86(14)55(35-48-25-21-19-22-26-48)68(101)83(11)38-57(92)79-52(30-28-49-27-29-50(51(74)34-49)73(76,77)78)66(99)87(15)54(36-59(94)91-41-72(75,42-91)45(6)7)65(98)80-53(33-43(2)3)67(100)89(17)63(44(4)5)71(104)88(16)56(69(102)90-31-23-20-24-32-90)37-58(93)85(13)47(9)64(97)81-62/h27,29,34,36,43-44,46-48,52-53,55-56,62-63H,6,18-26,28,30-33,35,37-42H2,1-5,7-17H3,(H,79,92)(H,80,98)(H,81,97)/b54-36-/t46-,47-,52-,53-,55-,56-,62-,63-/m0/s1. The summed E-state index contributed by atoms with van der Waals surface area (Å²) in [7, 11) is 10.4. The van der Waals surface area contributed by atoms with Gasteiger partial charge in [-0.25, -0.2) is 4.39 Å². The van der Waals surface area contributed by atoms with Crippen molar-refractivity contribution >= 4 is 88.4 Å². The van der Waals surface area contributed by atoms with Crippen molar-refractivity contribution in [2.45, 2.75) is 199 Å². The molecule has 1 aliphatic carbocycles. The van der Waals surface area contributed by atoms with Crippen LogP contribution in [-0.2, 0) is 74.9 Å². The zero-order chi connectivity index (χ0) is 78.3. The van der Waals surface area contributed by atoms with Crippen molar-refractivity contribution in [2.75, 3.05) is 102 Å². The smallest absolute Gasteiger partial charge is 0.343 e. The second-order valence-corrected chi connectivity index (χ2v) is 30.0. The number of aryl methyl sites for hydroxylation is 1. The molecule has 0 unspecified atom stereocenters. The summed E-state index contributed by atoms with van der Waals surface area (Å²) >= 11 is 6.14. The molecule has 3 heterocycles. The lowest BCUT2D eigenvalue weighted by molar-refractivity contribution is -0.155. The fourth-order valence-corrected chi connectivity index (χ4v) is 13.8. The molecule has 1 saturated carbocycles. The summed E-state index contributed by atoms with van der Waals surface area (Å²) in [6, 6.07) is -7.07. The molecule has 4 fully saturated rings. The first-order valence-electron chi connectivity index (χ1n) is 35.9. The Morgan fingerprint density at radius 2 is 1.27 bits per heavy atom. The van der Waals surface area contributed by atoms with Crippen LogP contribution >= 0.6 is 11.6 Å². The lowest BCUT2D eigenvalue weighted by Crippen LogP contribution is -2.61. The van der Waals surface area contributed by atoms with Crippen LogP contribution in [0.25, 0.3) is 0 Å². The van der Waals surface area contributed by atoms with Gasteiger partial charge in [0, 0.05) is 75.5 Å². The van der Waals surface area contributed by atoms with Gasteiger partial charge in [0.15, 0.2) is 5.67 Å². The van der Waals surface area contributed by atoms with E-state index in [1.165, 1.54) is 68.1 Å². The number of nitrogens with zero attached hydrogens (tertiary/aromatic N) is 10. The van der Waals surface area contributed by atoms with E-state index in [2.05, 4.69) is 22.5 Å². The summed E-state index contributed by atoms with van der Waals surface area (Å²) in [5.74, 6) is -12.5. The fourth-order valence-electron chi connectivity index (χ4n) is 13.5. The number of amides is 13. The highest BCUT2D eigenvalue weighted by atomic mass is 35.5. The minimum Gasteiger partial charge on any atom is -0.343 e. The van der Waals surface area contributed by atoms with Gasteiger partial charge in [-0.15, -0.1) is 0 Å². The van der Waals surface area contributed by atoms with Crippen LogP contribution in [0.1, 0.15) is 150 Å². The predicted octanol–water partition coefficient (Wildman–Crippen LogP) is 5.05. The highest BCUT2D eigenvalue weighted by Gasteiger charge is 2.48. The van der Waals surface area contributed by atoms with Gasteiger partial charge >= 0.3 is 6.18 Å². The molecular formula is C73H110ClF4N13O13. The summed E-state index contributed by atoms with van der Waals surface area (Å²) in [5, 5.41) is 7.36. The lowest BCUT2D eigenvalue weighted by Gasteiger charge is -2.44. The minimum atomic E-state index is -4.84. The van der Waals surface area contributed by atoms with E-state index in [0.29, 0.717) is 37.3 Å². The number of likely N-dealkylation sites (tertiary alicyclic amines) is 2. The van der Waals surface area contributed by atoms with Gasteiger partial charge in [-0.05, 0) is 106 Å². The van der Waals surface area contributed by atoms with Crippen LogP contribution in [0, 0.1) is 23.7 Å². The minimum absolute atomic E-state index is 0.0488. The SMILES string of the molecule is C=C(C)C1(F)CN(C(=O)/C=C2/C(=O)N[C@@H](CC(C)C)C(=O)N(C)[C@@H](C(C)C)C(=O)N(C)[C@H](C(=O)N3CCCCC3)CC(=O)N(C)[C@@H](C)C(=O)N[C@@H]([C@@H](C)CC)C(=O)N(C)CC(=O)N(C)CC(=O)N(C)[C@@H](CC3CCCCC3)C(=O)N(C)CC(=O)N[C@@H](CCc3ccc(C(F)(F)F)c(Cl)c3)C(=O)N2C)C1. The number of halogens is 5. The number of benzene rings is 1. The van der Waals surface area contributed by atoms with Crippen molar-refractivity contribution < 1.29 is 79.9 Å². The maximum absolute atomic E-state index is 15.8. The molecule has 13 amide bonds. The summed E-state index contributed by atoms with van der Waals surface area (Å²) < 4.78 is 57.6. The van der Waals surface area contributed by atoms with Crippen molar-refractivity contribution in [3.63, 3.8) is 0 Å². The third-order valence-corrected chi connectivity index (χ3v) is 21.1. The van der Waals surface area contributed by atoms with Gasteiger partial charge in [-0.2, -0.15) is 13.2 Å². The van der Waals surface area contributed by atoms with Crippen molar-refractivity contribution in [3.05, 3.63) is 58.3 Å². The van der Waals surface area contributed by atoms with Crippen molar-refractivity contribution in [3.8, 4) is 0 Å². The van der Waals surface area contributed by atoms with Gasteiger partial charge in [0.2, 0.25) is 70.9 Å². The highest BCUT2D eigenvalue weighted by molar-refractivity contribution is 6.31. The molecule has 104 heavy (non-hydrogen) atoms. The Morgan fingerprint density at radius 3 is 1.83 bits per heavy atom. The highest BCUT2D eigenvalue weighted by Crippen LogP contribution is 2.36. The number of likely N-dealkylation sites (N-methyl/N-ethyl adjacent to an activating group) is 8. The molecule has 1 aromatic carbocycles. The van der Waals surface area contributed by atoms with Crippen molar-refractivity contribution in [1.82, 2.24) is 64.9 Å². The summed E-state index contributed by atoms with van der Waals surface area (Å²) in [6.07, 6.45) is 1.11. The normalized spacial score (nSPS) is 25.2. The van der Waals surface area contributed by atoms with Crippen LogP contribution in [0.15, 0.2) is 42.1 Å². The summed E-state index contributed by atoms with van der Waals surface area (Å²) in [5.41, 5.74) is -3.64. The molecule has 0 spiro atoms. The Balaban J connectivity index is 1.68. The first-order valence-corrected chi connectivity index (χ1v) is 36.3. The number of carbonyl (C=O) groups is 13. The summed E-state index contributed by atoms with van der Waals surface area (Å²) in [4.78, 5) is 202. The molecule has 0 aromatic heterocycles. The van der Waals surface area contributed by atoms with Crippen LogP contribution in [0.5, 0.6) is 0 Å². The Morgan fingerprint density at radius 1 is 0.683 bits per heavy atom. The molecule has 3 aliphatic heterocycles. The molecule has 0 bridgehead atoms. The van der Waals surface area contributed by atoms with Crippen LogP contribution in [0.3, 0.4) is 0 Å². The van der Waals surface area contributed by atoms with Gasteiger partial charge in [-0.1, -0.05) is 104 Å². The molecule has 4 aliphatic rings. The molecule has 580 valence electrons. The van der Waals surface area contributed by atoms with Gasteiger partial charge in [0.25, 0.3) is 5.91 Å². The van der Waals surface area contributed by atoms with E-state index in [-0.39, 0.29) is 36.3 Å². The van der Waals surface area contributed by atoms with Crippen LogP contribution in [0.2, 0.25) is 5.02 Å². The average molecular weight is 1490 g/mol. The van der Waals surface area contributed by atoms with Gasteiger partial charge in [0.05, 0.1) is 49.7 Å². The van der Waals surface area contributed by atoms with E-state index in [1.54, 1.807) is 46.4 Å². The zero-order valence-corrected chi connectivity index (χ0v) is 64.1. The second kappa shape index (κ2) is 37.7. The Kier molecular flexibility index (Phi) is 31.3. The first-order chi connectivity index (χ1) is 48.5. The molecule has 3 saturated heterocycles. The van der Waals surface area contributed by atoms with E-state index in [0.717, 1.165) is 104 Å². The fraction of sp³-hybridized carbons (Fsp3) is 0.685. The first kappa shape index (κ1) is 86.5. The topological polar surface area (TPSA) is 290 Å². The Labute approximate surface area is 614 Å². The molecular weight excluding hydrogens is 1380 g/mol.